The molecule has 6 heteroatoms. The topological polar surface area (TPSA) is 83.5 Å². The van der Waals surface area contributed by atoms with Crippen molar-refractivity contribution in [2.24, 2.45) is 17.8 Å². The van der Waals surface area contributed by atoms with Gasteiger partial charge in [0.25, 0.3) is 0 Å². The molecule has 3 rings (SSSR count). The largest absolute Gasteiger partial charge is 0.481 e. The van der Waals surface area contributed by atoms with Gasteiger partial charge in [0.2, 0.25) is 5.91 Å². The maximum Gasteiger partial charge on any atom is 0.307 e. The summed E-state index contributed by atoms with van der Waals surface area (Å²) in [5, 5.41) is 12.2. The van der Waals surface area contributed by atoms with E-state index in [9.17, 15) is 19.5 Å². The van der Waals surface area contributed by atoms with Gasteiger partial charge >= 0.3 is 5.97 Å². The highest BCUT2D eigenvalue weighted by atomic mass is 32.1. The summed E-state index contributed by atoms with van der Waals surface area (Å²) in [7, 11) is 0. The number of hydrogen-bond donors (Lipinski definition) is 3. The van der Waals surface area contributed by atoms with E-state index in [1.54, 1.807) is 0 Å². The monoisotopic (exact) mass is 453 g/mol. The molecule has 0 spiro atoms. The molecule has 0 aliphatic heterocycles. The fraction of sp³-hybridized carbons (Fsp3) is 0.423. The van der Waals surface area contributed by atoms with Crippen LogP contribution in [0.4, 0.5) is 0 Å². The number of nitrogens with one attached hydrogen (secondary N) is 1. The van der Waals surface area contributed by atoms with Gasteiger partial charge in [0.05, 0.1) is 17.2 Å². The molecule has 0 fully saturated rings. The maximum absolute atomic E-state index is 13.6. The zero-order valence-electron chi connectivity index (χ0n) is 18.5. The standard InChI is InChI=1S/C26H31NO4S/c1-16(2)12-21(26(30)31)20-14-18-10-6-7-11-19(18)15-22(24(20)28)27-25(29)23(32)13-17-8-4-3-5-9-17/h3-11,16,20-23,32H,12-15H2,1-2H3,(H,27,29)(H,30,31)/t20?,21-,22+,23+/m1/s1. The van der Waals surface area contributed by atoms with Gasteiger partial charge in [-0.05, 0) is 41.9 Å². The molecule has 4 atom stereocenters. The molecular weight excluding hydrogens is 422 g/mol. The van der Waals surface area contributed by atoms with Gasteiger partial charge in [0, 0.05) is 12.3 Å². The van der Waals surface area contributed by atoms with E-state index in [4.69, 9.17) is 0 Å². The fourth-order valence-electron chi connectivity index (χ4n) is 4.48. The van der Waals surface area contributed by atoms with Gasteiger partial charge in [-0.2, -0.15) is 12.6 Å². The lowest BCUT2D eigenvalue weighted by Crippen LogP contribution is -2.49. The molecular formula is C26H31NO4S. The number of rotatable bonds is 8. The van der Waals surface area contributed by atoms with Gasteiger partial charge in [-0.3, -0.25) is 14.4 Å². The SMILES string of the molecule is CC(C)C[C@@H](C(=O)O)C1Cc2ccccc2C[C@H](NC(=O)[C@@H](S)Cc2ccccc2)C1=O. The van der Waals surface area contributed by atoms with Crippen LogP contribution in [0.1, 0.15) is 37.0 Å². The average Bonchev–Trinajstić information content (AvgIpc) is 2.89. The number of carbonyl (C=O) groups excluding carboxylic acids is 2. The molecule has 1 aliphatic rings. The van der Waals surface area contributed by atoms with Crippen LogP contribution in [0.3, 0.4) is 0 Å². The number of thiol groups is 1. The van der Waals surface area contributed by atoms with Crippen LogP contribution >= 0.6 is 12.6 Å². The Morgan fingerprint density at radius 2 is 1.62 bits per heavy atom. The molecule has 0 saturated heterocycles. The number of benzene rings is 2. The number of fused-ring (bicyclic) bond motifs is 1. The molecule has 1 unspecified atom stereocenters. The Morgan fingerprint density at radius 3 is 2.22 bits per heavy atom. The molecule has 1 aliphatic carbocycles. The van der Waals surface area contributed by atoms with Gasteiger partial charge in [-0.15, -0.1) is 0 Å². The summed E-state index contributed by atoms with van der Waals surface area (Å²) in [6, 6.07) is 16.5. The molecule has 170 valence electrons. The number of hydrogen-bond acceptors (Lipinski definition) is 4. The highest BCUT2D eigenvalue weighted by Crippen LogP contribution is 2.31. The third-order valence-corrected chi connectivity index (χ3v) is 6.53. The van der Waals surface area contributed by atoms with E-state index in [1.165, 1.54) is 0 Å². The number of amides is 1. The Kier molecular flexibility index (Phi) is 8.13. The summed E-state index contributed by atoms with van der Waals surface area (Å²) in [6.45, 7) is 3.92. The first-order chi connectivity index (χ1) is 15.3. The van der Waals surface area contributed by atoms with Gasteiger partial charge in [-0.25, -0.2) is 0 Å². The van der Waals surface area contributed by atoms with Crippen LogP contribution in [0.25, 0.3) is 0 Å². The number of aliphatic carboxylic acids is 1. The summed E-state index contributed by atoms with van der Waals surface area (Å²) in [5.74, 6) is -2.81. The Labute approximate surface area is 195 Å². The molecule has 0 saturated carbocycles. The van der Waals surface area contributed by atoms with E-state index in [2.05, 4.69) is 17.9 Å². The van der Waals surface area contributed by atoms with Crippen LogP contribution < -0.4 is 5.32 Å². The van der Waals surface area contributed by atoms with E-state index in [1.807, 2.05) is 68.4 Å². The number of ketones is 1. The first-order valence-corrected chi connectivity index (χ1v) is 11.6. The molecule has 0 heterocycles. The highest BCUT2D eigenvalue weighted by molar-refractivity contribution is 7.81. The first-order valence-electron chi connectivity index (χ1n) is 11.1. The average molecular weight is 454 g/mol. The molecule has 5 nitrogen and oxygen atoms in total. The molecule has 0 bridgehead atoms. The first kappa shape index (κ1) is 24.1. The van der Waals surface area contributed by atoms with Crippen LogP contribution in [-0.2, 0) is 33.6 Å². The Hall–Kier alpha value is -2.60. The minimum absolute atomic E-state index is 0.142. The fourth-order valence-corrected chi connectivity index (χ4v) is 4.76. The summed E-state index contributed by atoms with van der Waals surface area (Å²) in [6.07, 6.45) is 1.59. The minimum atomic E-state index is -0.961. The van der Waals surface area contributed by atoms with Crippen LogP contribution in [0, 0.1) is 17.8 Å². The molecule has 0 aromatic heterocycles. The molecule has 1 amide bonds. The maximum atomic E-state index is 13.6. The van der Waals surface area contributed by atoms with Crippen molar-refractivity contribution in [3.8, 4) is 0 Å². The zero-order chi connectivity index (χ0) is 23.3. The zero-order valence-corrected chi connectivity index (χ0v) is 19.4. The summed E-state index contributed by atoms with van der Waals surface area (Å²) >= 11 is 4.47. The van der Waals surface area contributed by atoms with Crippen molar-refractivity contribution in [2.45, 2.75) is 50.8 Å². The van der Waals surface area contributed by atoms with Crippen molar-refractivity contribution in [2.75, 3.05) is 0 Å². The number of carbonyl (C=O) groups is 3. The van der Waals surface area contributed by atoms with E-state index < -0.39 is 29.1 Å². The van der Waals surface area contributed by atoms with Crippen molar-refractivity contribution in [3.63, 3.8) is 0 Å². The van der Waals surface area contributed by atoms with E-state index in [0.29, 0.717) is 25.7 Å². The smallest absolute Gasteiger partial charge is 0.307 e. The minimum Gasteiger partial charge on any atom is -0.481 e. The molecule has 2 aromatic carbocycles. The van der Waals surface area contributed by atoms with E-state index >= 15 is 0 Å². The quantitative estimate of drug-likeness (QED) is 0.420. The molecule has 2 aromatic rings. The van der Waals surface area contributed by atoms with E-state index in [-0.39, 0.29) is 17.6 Å². The van der Waals surface area contributed by atoms with Gasteiger partial charge in [0.1, 0.15) is 0 Å². The molecule has 32 heavy (non-hydrogen) atoms. The van der Waals surface area contributed by atoms with Crippen LogP contribution in [0.2, 0.25) is 0 Å². The normalized spacial score (nSPS) is 20.2. The predicted octanol–water partition coefficient (Wildman–Crippen LogP) is 3.74. The Bertz CT molecular complexity index is 959. The second-order valence-corrected chi connectivity index (χ2v) is 9.65. The van der Waals surface area contributed by atoms with Crippen molar-refractivity contribution >= 4 is 30.3 Å². The lowest BCUT2D eigenvalue weighted by atomic mass is 9.78. The molecule has 2 N–H and O–H groups in total. The van der Waals surface area contributed by atoms with E-state index in [0.717, 1.165) is 16.7 Å². The van der Waals surface area contributed by atoms with Crippen molar-refractivity contribution < 1.29 is 19.5 Å². The lowest BCUT2D eigenvalue weighted by molar-refractivity contribution is -0.148. The highest BCUT2D eigenvalue weighted by Gasteiger charge is 2.40. The van der Waals surface area contributed by atoms with Gasteiger partial charge in [-0.1, -0.05) is 68.4 Å². The van der Waals surface area contributed by atoms with Gasteiger partial charge in [0.15, 0.2) is 5.78 Å². The summed E-state index contributed by atoms with van der Waals surface area (Å²) in [5.41, 5.74) is 2.94. The predicted molar refractivity (Wildman–Crippen MR) is 128 cm³/mol. The summed E-state index contributed by atoms with van der Waals surface area (Å²) in [4.78, 5) is 38.6. The van der Waals surface area contributed by atoms with Gasteiger partial charge < -0.3 is 10.4 Å². The number of Topliss-reactive ketones (excluding diaryl/α,β-unsaturated/α-hetero) is 1. The second-order valence-electron chi connectivity index (χ2n) is 9.03. The third kappa shape index (κ3) is 6.00. The Balaban J connectivity index is 1.84. The van der Waals surface area contributed by atoms with Crippen LogP contribution in [0.5, 0.6) is 0 Å². The van der Waals surface area contributed by atoms with Crippen molar-refractivity contribution in [1.82, 2.24) is 5.32 Å². The second kappa shape index (κ2) is 10.8. The Morgan fingerprint density at radius 1 is 1.03 bits per heavy atom. The molecule has 0 radical (unpaired) electrons. The third-order valence-electron chi connectivity index (χ3n) is 6.11. The van der Waals surface area contributed by atoms with Crippen LogP contribution in [0.15, 0.2) is 54.6 Å². The number of carboxylic acid groups (broad SMARTS) is 1. The van der Waals surface area contributed by atoms with Crippen LogP contribution in [-0.4, -0.2) is 34.1 Å². The lowest BCUT2D eigenvalue weighted by Gasteiger charge is -2.26. The van der Waals surface area contributed by atoms with Crippen molar-refractivity contribution in [1.29, 1.82) is 0 Å². The number of carboxylic acids is 1. The van der Waals surface area contributed by atoms with Crippen molar-refractivity contribution in [3.05, 3.63) is 71.3 Å². The summed E-state index contributed by atoms with van der Waals surface area (Å²) < 4.78 is 0.